The molecule has 0 N–H and O–H groups in total. The lowest BCUT2D eigenvalue weighted by molar-refractivity contribution is -0.387. The molecule has 0 aliphatic carbocycles. The average Bonchev–Trinajstić information content (AvgIpc) is 3.04. The van der Waals surface area contributed by atoms with E-state index < -0.39 is 20.4 Å². The third-order valence-electron chi connectivity index (χ3n) is 3.25. The molecule has 0 radical (unpaired) electrons. The molecule has 0 spiro atoms. The van der Waals surface area contributed by atoms with Crippen LogP contribution in [0, 0.1) is 10.1 Å². The molecule has 8 nitrogen and oxygen atoms in total. The van der Waals surface area contributed by atoms with E-state index in [4.69, 9.17) is 4.42 Å². The molecule has 1 heterocycles. The normalized spacial score (nSPS) is 11.4. The summed E-state index contributed by atoms with van der Waals surface area (Å²) in [4.78, 5) is 10.0. The van der Waals surface area contributed by atoms with Crippen molar-refractivity contribution in [2.45, 2.75) is 4.90 Å². The summed E-state index contributed by atoms with van der Waals surface area (Å²) < 4.78 is 28.8. The lowest BCUT2D eigenvalue weighted by Crippen LogP contribution is -2.02. The lowest BCUT2D eigenvalue weighted by atomic mass is 10.2. The van der Waals surface area contributed by atoms with Crippen LogP contribution in [0.25, 0.3) is 22.9 Å². The molecule has 0 unspecified atom stereocenters. The second kappa shape index (κ2) is 5.85. The van der Waals surface area contributed by atoms with E-state index in [9.17, 15) is 18.5 Å². The van der Waals surface area contributed by atoms with Crippen LogP contribution in [0.5, 0.6) is 0 Å². The monoisotopic (exact) mass is 345 g/mol. The topological polar surface area (TPSA) is 116 Å². The van der Waals surface area contributed by atoms with Crippen LogP contribution in [0.2, 0.25) is 0 Å². The molecule has 0 aliphatic heterocycles. The maximum atomic E-state index is 11.6. The number of nitro benzene ring substituents is 1. The van der Waals surface area contributed by atoms with Gasteiger partial charge < -0.3 is 4.42 Å². The highest BCUT2D eigenvalue weighted by Crippen LogP contribution is 2.30. The van der Waals surface area contributed by atoms with Gasteiger partial charge in [0.1, 0.15) is 4.90 Å². The smallest absolute Gasteiger partial charge is 0.288 e. The largest absolute Gasteiger partial charge is 0.416 e. The zero-order chi connectivity index (χ0) is 17.3. The van der Waals surface area contributed by atoms with Crippen molar-refractivity contribution in [3.05, 3.63) is 58.6 Å². The van der Waals surface area contributed by atoms with Gasteiger partial charge in [-0.15, -0.1) is 10.2 Å². The first-order valence-electron chi connectivity index (χ1n) is 6.74. The zero-order valence-corrected chi connectivity index (χ0v) is 13.2. The van der Waals surface area contributed by atoms with Crippen molar-refractivity contribution in [1.82, 2.24) is 10.2 Å². The number of nitro groups is 1. The number of hydrogen-bond donors (Lipinski definition) is 0. The Morgan fingerprint density at radius 3 is 2.21 bits per heavy atom. The molecule has 122 valence electrons. The van der Waals surface area contributed by atoms with Gasteiger partial charge in [-0.2, -0.15) is 0 Å². The molecule has 0 atom stereocenters. The molecule has 1 aromatic heterocycles. The van der Waals surface area contributed by atoms with Crippen LogP contribution in [-0.2, 0) is 9.84 Å². The second-order valence-electron chi connectivity index (χ2n) is 4.99. The Morgan fingerprint density at radius 1 is 1.00 bits per heavy atom. The Bertz CT molecular complexity index is 1010. The Labute approximate surface area is 136 Å². The fourth-order valence-corrected chi connectivity index (χ4v) is 2.97. The molecule has 0 aliphatic rings. The summed E-state index contributed by atoms with van der Waals surface area (Å²) in [6.07, 6.45) is 0.912. The van der Waals surface area contributed by atoms with E-state index in [0.29, 0.717) is 5.56 Å². The van der Waals surface area contributed by atoms with Crippen LogP contribution in [0.4, 0.5) is 5.69 Å². The Kier molecular flexibility index (Phi) is 3.86. The summed E-state index contributed by atoms with van der Waals surface area (Å²) in [6.45, 7) is 0. The van der Waals surface area contributed by atoms with Crippen molar-refractivity contribution in [1.29, 1.82) is 0 Å². The molecule has 0 saturated heterocycles. The maximum Gasteiger partial charge on any atom is 0.288 e. The summed E-state index contributed by atoms with van der Waals surface area (Å²) in [7, 11) is -3.72. The first kappa shape index (κ1) is 15.8. The summed E-state index contributed by atoms with van der Waals surface area (Å²) in [5.74, 6) is 0.331. The molecular weight excluding hydrogens is 334 g/mol. The summed E-state index contributed by atoms with van der Waals surface area (Å²) in [6, 6.07) is 12.7. The van der Waals surface area contributed by atoms with Gasteiger partial charge in [0.25, 0.3) is 5.69 Å². The van der Waals surface area contributed by atoms with Crippen molar-refractivity contribution in [2.75, 3.05) is 6.26 Å². The van der Waals surface area contributed by atoms with Crippen LogP contribution in [0.1, 0.15) is 0 Å². The third kappa shape index (κ3) is 3.01. The Hall–Kier alpha value is -3.07. The molecule has 2 aromatic carbocycles. The predicted octanol–water partition coefficient (Wildman–Crippen LogP) is 2.72. The van der Waals surface area contributed by atoms with Crippen LogP contribution in [0.3, 0.4) is 0 Å². The zero-order valence-electron chi connectivity index (χ0n) is 12.4. The molecule has 0 saturated carbocycles. The first-order chi connectivity index (χ1) is 11.4. The van der Waals surface area contributed by atoms with Gasteiger partial charge in [-0.1, -0.05) is 18.2 Å². The molecule has 3 rings (SSSR count). The minimum absolute atomic E-state index is 0.0667. The number of benzene rings is 2. The van der Waals surface area contributed by atoms with Crippen LogP contribution < -0.4 is 0 Å². The Balaban J connectivity index is 2.07. The lowest BCUT2D eigenvalue weighted by Gasteiger charge is -2.02. The molecular formula is C15H11N3O5S. The van der Waals surface area contributed by atoms with Gasteiger partial charge in [0, 0.05) is 23.4 Å². The van der Waals surface area contributed by atoms with Crippen LogP contribution >= 0.6 is 0 Å². The highest BCUT2D eigenvalue weighted by molar-refractivity contribution is 7.90. The van der Waals surface area contributed by atoms with Crippen molar-refractivity contribution >= 4 is 15.5 Å². The molecule has 9 heteroatoms. The van der Waals surface area contributed by atoms with Gasteiger partial charge in [-0.3, -0.25) is 10.1 Å². The molecule has 0 fully saturated rings. The van der Waals surface area contributed by atoms with Gasteiger partial charge in [0.05, 0.1) is 4.92 Å². The van der Waals surface area contributed by atoms with Crippen molar-refractivity contribution in [3.63, 3.8) is 0 Å². The van der Waals surface area contributed by atoms with Gasteiger partial charge in [0.2, 0.25) is 11.8 Å². The van der Waals surface area contributed by atoms with Gasteiger partial charge >= 0.3 is 0 Å². The van der Waals surface area contributed by atoms with Crippen LogP contribution in [-0.4, -0.2) is 29.8 Å². The number of nitrogens with zero attached hydrogens (tertiary/aromatic N) is 3. The van der Waals surface area contributed by atoms with Crippen molar-refractivity contribution < 1.29 is 17.8 Å². The average molecular weight is 345 g/mol. The highest BCUT2D eigenvalue weighted by Gasteiger charge is 2.24. The summed E-state index contributed by atoms with van der Waals surface area (Å²) in [5.41, 5.74) is 0.441. The highest BCUT2D eigenvalue weighted by atomic mass is 32.2. The van der Waals surface area contributed by atoms with E-state index in [2.05, 4.69) is 10.2 Å². The van der Waals surface area contributed by atoms with E-state index in [1.54, 1.807) is 12.1 Å². The van der Waals surface area contributed by atoms with Crippen molar-refractivity contribution in [3.8, 4) is 22.9 Å². The molecule has 24 heavy (non-hydrogen) atoms. The van der Waals surface area contributed by atoms with E-state index in [0.717, 1.165) is 18.4 Å². The Morgan fingerprint density at radius 2 is 1.62 bits per heavy atom. The predicted molar refractivity (Wildman–Crippen MR) is 84.9 cm³/mol. The maximum absolute atomic E-state index is 11.6. The van der Waals surface area contributed by atoms with Crippen LogP contribution in [0.15, 0.2) is 57.8 Å². The first-order valence-corrected chi connectivity index (χ1v) is 8.63. The van der Waals surface area contributed by atoms with Gasteiger partial charge in [-0.05, 0) is 24.3 Å². The quantitative estimate of drug-likeness (QED) is 0.527. The molecule has 0 amide bonds. The number of rotatable bonds is 4. The number of sulfone groups is 1. The summed E-state index contributed by atoms with van der Waals surface area (Å²) in [5, 5.41) is 18.9. The molecule has 3 aromatic rings. The SMILES string of the molecule is CS(=O)(=O)c1ccc(-c2nnc(-c3ccccc3)o2)cc1[N+](=O)[O-]. The second-order valence-corrected chi connectivity index (χ2v) is 6.97. The van der Waals surface area contributed by atoms with Gasteiger partial charge in [0.15, 0.2) is 9.84 Å². The number of aromatic nitrogens is 2. The summed E-state index contributed by atoms with van der Waals surface area (Å²) >= 11 is 0. The third-order valence-corrected chi connectivity index (χ3v) is 4.39. The minimum Gasteiger partial charge on any atom is -0.416 e. The standard InChI is InChI=1S/C15H11N3O5S/c1-24(21,22)13-8-7-11(9-12(13)18(19)20)15-17-16-14(23-15)10-5-3-2-4-6-10/h2-9H,1H3. The van der Waals surface area contributed by atoms with E-state index in [1.807, 2.05) is 18.2 Å². The fraction of sp³-hybridized carbons (Fsp3) is 0.0667. The fourth-order valence-electron chi connectivity index (χ4n) is 2.14. The van der Waals surface area contributed by atoms with Crippen molar-refractivity contribution in [2.24, 2.45) is 0 Å². The van der Waals surface area contributed by atoms with Gasteiger partial charge in [-0.25, -0.2) is 8.42 Å². The molecule has 0 bridgehead atoms. The van der Waals surface area contributed by atoms with E-state index in [1.165, 1.54) is 6.07 Å². The van der Waals surface area contributed by atoms with E-state index >= 15 is 0 Å². The van der Waals surface area contributed by atoms with E-state index in [-0.39, 0.29) is 22.2 Å². The minimum atomic E-state index is -3.72. The number of hydrogen-bond acceptors (Lipinski definition) is 7.